The van der Waals surface area contributed by atoms with E-state index in [9.17, 15) is 0 Å². The number of aromatic nitrogens is 3. The zero-order valence-electron chi connectivity index (χ0n) is 42.1. The van der Waals surface area contributed by atoms with E-state index in [2.05, 4.69) is 225 Å². The van der Waals surface area contributed by atoms with Crippen molar-refractivity contribution < 1.29 is 0 Å². The van der Waals surface area contributed by atoms with Crippen molar-refractivity contribution in [3.8, 4) is 33.4 Å². The van der Waals surface area contributed by atoms with Gasteiger partial charge in [0.15, 0.2) is 0 Å². The summed E-state index contributed by atoms with van der Waals surface area (Å²) >= 11 is 0. The van der Waals surface area contributed by atoms with Crippen LogP contribution in [-0.4, -0.2) is 65.7 Å². The SMILES string of the molecule is CC1(C)N=C(c2cncc(-c3cc(-c4cncc(C5=NC(C)(C)C(C)(C)N5c5ccccc5)c4)cc(-c4cncc(C5=NC(C)(C)C(C)(C)N5c5ccccc5)c4)c3)c2)N(c2ccccc2)C1(C)C. The van der Waals surface area contributed by atoms with Gasteiger partial charge in [-0.3, -0.25) is 29.9 Å². The number of hydrogen-bond donors (Lipinski definition) is 0. The van der Waals surface area contributed by atoms with Crippen LogP contribution in [0.2, 0.25) is 0 Å². The first-order chi connectivity index (χ1) is 32.7. The maximum Gasteiger partial charge on any atom is 0.138 e. The molecule has 0 fully saturated rings. The highest BCUT2D eigenvalue weighted by Gasteiger charge is 2.52. The predicted octanol–water partition coefficient (Wildman–Crippen LogP) is 13.3. The summed E-state index contributed by atoms with van der Waals surface area (Å²) in [7, 11) is 0. The van der Waals surface area contributed by atoms with Crippen molar-refractivity contribution in [2.45, 2.75) is 116 Å². The van der Waals surface area contributed by atoms with E-state index < -0.39 is 0 Å². The number of nitrogens with zero attached hydrogens (tertiary/aromatic N) is 9. The standard InChI is InChI=1S/C60H63N9/c1-55(2)58(7,8)67(49-22-16-13-17-23-49)52(64-55)46-31-43(34-61-37-46)40-28-41(44-32-47(38-62-35-44)53-65-56(3,4)59(9,10)68(53)50-24-18-14-19-25-50)30-42(29-40)45-33-48(39-63-36-45)54-66-57(5,6)60(11,12)69(54)51-26-20-15-21-27-51/h13-39H,1-12H3. The van der Waals surface area contributed by atoms with Crippen LogP contribution >= 0.6 is 0 Å². The number of pyridine rings is 3. The van der Waals surface area contributed by atoms with Crippen molar-refractivity contribution in [2.75, 3.05) is 14.7 Å². The summed E-state index contributed by atoms with van der Waals surface area (Å²) in [4.78, 5) is 38.1. The lowest BCUT2D eigenvalue weighted by Crippen LogP contribution is -2.53. The third kappa shape index (κ3) is 7.54. The summed E-state index contributed by atoms with van der Waals surface area (Å²) in [6, 6.07) is 45.1. The molecular weight excluding hydrogens is 847 g/mol. The molecule has 0 aliphatic carbocycles. The van der Waals surface area contributed by atoms with Crippen LogP contribution in [0.25, 0.3) is 33.4 Å². The zero-order chi connectivity index (χ0) is 48.7. The molecule has 0 amide bonds. The van der Waals surface area contributed by atoms with Gasteiger partial charge in [0, 0.05) is 87.6 Å². The summed E-state index contributed by atoms with van der Waals surface area (Å²) in [6.07, 6.45) is 11.7. The van der Waals surface area contributed by atoms with Crippen LogP contribution in [0.3, 0.4) is 0 Å². The van der Waals surface area contributed by atoms with E-state index in [4.69, 9.17) is 29.9 Å². The Labute approximate surface area is 408 Å². The maximum atomic E-state index is 5.41. The molecule has 0 unspecified atom stereocenters. The molecule has 0 saturated heterocycles. The van der Waals surface area contributed by atoms with Crippen molar-refractivity contribution >= 4 is 34.6 Å². The molecule has 10 rings (SSSR count). The van der Waals surface area contributed by atoms with Gasteiger partial charge in [0.1, 0.15) is 17.5 Å². The number of rotatable bonds is 9. The van der Waals surface area contributed by atoms with Crippen molar-refractivity contribution in [1.82, 2.24) is 15.0 Å². The number of para-hydroxylation sites is 3. The fourth-order valence-corrected chi connectivity index (χ4v) is 9.90. The molecule has 4 aromatic carbocycles. The Kier molecular flexibility index (Phi) is 10.7. The van der Waals surface area contributed by atoms with Gasteiger partial charge in [-0.15, -0.1) is 0 Å². The van der Waals surface area contributed by atoms with Crippen molar-refractivity contribution in [1.29, 1.82) is 0 Å². The largest absolute Gasteiger partial charge is 0.318 e. The van der Waals surface area contributed by atoms with Gasteiger partial charge in [-0.1, -0.05) is 54.6 Å². The zero-order valence-corrected chi connectivity index (χ0v) is 42.1. The molecule has 0 N–H and O–H groups in total. The summed E-state index contributed by atoms with van der Waals surface area (Å²) < 4.78 is 0. The highest BCUT2D eigenvalue weighted by Crippen LogP contribution is 2.46. The van der Waals surface area contributed by atoms with E-state index in [-0.39, 0.29) is 33.2 Å². The van der Waals surface area contributed by atoms with Gasteiger partial charge in [0.25, 0.3) is 0 Å². The maximum absolute atomic E-state index is 5.41. The van der Waals surface area contributed by atoms with Gasteiger partial charge in [0.2, 0.25) is 0 Å². The van der Waals surface area contributed by atoms with Crippen molar-refractivity contribution in [3.63, 3.8) is 0 Å². The Morgan fingerprint density at radius 1 is 0.275 bits per heavy atom. The topological polar surface area (TPSA) is 85.5 Å². The summed E-state index contributed by atoms with van der Waals surface area (Å²) in [5.41, 5.74) is 10.0. The average Bonchev–Trinajstić information content (AvgIpc) is 3.76. The Bertz CT molecular complexity index is 2830. The quantitative estimate of drug-likeness (QED) is 0.143. The summed E-state index contributed by atoms with van der Waals surface area (Å²) in [5.74, 6) is 2.69. The van der Waals surface area contributed by atoms with Gasteiger partial charge < -0.3 is 14.7 Å². The minimum atomic E-state index is -0.369. The second-order valence-electron chi connectivity index (χ2n) is 21.9. The van der Waals surface area contributed by atoms with E-state index in [1.165, 1.54) is 0 Å². The first kappa shape index (κ1) is 45.5. The molecule has 0 saturated carbocycles. The van der Waals surface area contributed by atoms with Crippen LogP contribution in [0.15, 0.2) is 180 Å². The molecule has 9 heteroatoms. The molecule has 0 bridgehead atoms. The van der Waals surface area contributed by atoms with Gasteiger partial charge in [-0.25, -0.2) is 0 Å². The second kappa shape index (κ2) is 16.2. The minimum absolute atomic E-state index is 0.308. The highest BCUT2D eigenvalue weighted by molar-refractivity contribution is 6.15. The summed E-state index contributed by atoms with van der Waals surface area (Å²) in [5, 5.41) is 0. The van der Waals surface area contributed by atoms with Crippen molar-refractivity contribution in [2.24, 2.45) is 15.0 Å². The predicted molar refractivity (Wildman–Crippen MR) is 287 cm³/mol. The Balaban J connectivity index is 1.13. The number of aliphatic imine (C=N–C) groups is 3. The molecule has 7 aromatic rings. The molecule has 69 heavy (non-hydrogen) atoms. The molecule has 3 aliphatic heterocycles. The van der Waals surface area contributed by atoms with Gasteiger partial charge in [-0.05, 0) is 173 Å². The molecule has 3 aliphatic rings. The monoisotopic (exact) mass is 910 g/mol. The fourth-order valence-electron chi connectivity index (χ4n) is 9.90. The fraction of sp³-hybridized carbons (Fsp3) is 0.300. The Hall–Kier alpha value is -7.26. The first-order valence-corrected chi connectivity index (χ1v) is 24.1. The third-order valence-electron chi connectivity index (χ3n) is 15.9. The Morgan fingerprint density at radius 3 is 0.739 bits per heavy atom. The van der Waals surface area contributed by atoms with Gasteiger partial charge >= 0.3 is 0 Å². The van der Waals surface area contributed by atoms with E-state index in [0.29, 0.717) is 0 Å². The lowest BCUT2D eigenvalue weighted by Gasteiger charge is -2.41. The minimum Gasteiger partial charge on any atom is -0.318 e. The van der Waals surface area contributed by atoms with Crippen LogP contribution in [-0.2, 0) is 0 Å². The third-order valence-corrected chi connectivity index (χ3v) is 15.9. The molecular formula is C60H63N9. The summed E-state index contributed by atoms with van der Waals surface area (Å²) in [6.45, 7) is 26.9. The van der Waals surface area contributed by atoms with Crippen LogP contribution in [0.1, 0.15) is 99.8 Å². The molecule has 3 aromatic heterocycles. The highest BCUT2D eigenvalue weighted by atomic mass is 15.4. The lowest BCUT2D eigenvalue weighted by molar-refractivity contribution is 0.338. The van der Waals surface area contributed by atoms with Crippen LogP contribution in [0.5, 0.6) is 0 Å². The number of amidine groups is 3. The van der Waals surface area contributed by atoms with Gasteiger partial charge in [0.05, 0.1) is 33.2 Å². The number of benzene rings is 4. The molecule has 9 nitrogen and oxygen atoms in total. The second-order valence-corrected chi connectivity index (χ2v) is 21.9. The number of hydrogen-bond acceptors (Lipinski definition) is 9. The smallest absolute Gasteiger partial charge is 0.138 e. The lowest BCUT2D eigenvalue weighted by atomic mass is 9.83. The molecule has 0 radical (unpaired) electrons. The normalized spacial score (nSPS) is 19.3. The van der Waals surface area contributed by atoms with E-state index in [1.54, 1.807) is 0 Å². The first-order valence-electron chi connectivity index (χ1n) is 24.1. The average molecular weight is 910 g/mol. The molecule has 0 spiro atoms. The van der Waals surface area contributed by atoms with E-state index in [1.807, 2.05) is 37.2 Å². The Morgan fingerprint density at radius 2 is 0.493 bits per heavy atom. The van der Waals surface area contributed by atoms with Crippen LogP contribution < -0.4 is 14.7 Å². The van der Waals surface area contributed by atoms with Crippen LogP contribution in [0.4, 0.5) is 17.1 Å². The van der Waals surface area contributed by atoms with Crippen LogP contribution in [0, 0.1) is 0 Å². The molecule has 348 valence electrons. The number of anilines is 3. The molecule has 0 atom stereocenters. The molecule has 6 heterocycles. The van der Waals surface area contributed by atoms with E-state index >= 15 is 0 Å². The van der Waals surface area contributed by atoms with Gasteiger partial charge in [-0.2, -0.15) is 0 Å². The van der Waals surface area contributed by atoms with E-state index in [0.717, 1.165) is 84.6 Å². The van der Waals surface area contributed by atoms with Crippen molar-refractivity contribution in [3.05, 3.63) is 181 Å².